The second kappa shape index (κ2) is 8.05. The highest BCUT2D eigenvalue weighted by Crippen LogP contribution is 1.74. The highest BCUT2D eigenvalue weighted by Gasteiger charge is 2.01. The van der Waals surface area contributed by atoms with Gasteiger partial charge in [0.25, 0.3) is 0 Å². The predicted octanol–water partition coefficient (Wildman–Crippen LogP) is -1.02. The summed E-state index contributed by atoms with van der Waals surface area (Å²) in [4.78, 5) is 23.5. The van der Waals surface area contributed by atoms with Gasteiger partial charge in [0.05, 0.1) is 6.54 Å². The van der Waals surface area contributed by atoms with E-state index in [0.717, 1.165) is 0 Å². The van der Waals surface area contributed by atoms with Crippen molar-refractivity contribution in [1.82, 2.24) is 20.9 Å². The molecule has 15 heavy (non-hydrogen) atoms. The maximum absolute atomic E-state index is 11.1. The van der Waals surface area contributed by atoms with Crippen LogP contribution >= 0.6 is 0 Å². The first-order valence-electron chi connectivity index (χ1n) is 5.00. The van der Waals surface area contributed by atoms with E-state index < -0.39 is 0 Å². The van der Waals surface area contributed by atoms with Crippen LogP contribution in [0.1, 0.15) is 6.92 Å². The molecule has 0 aromatic carbocycles. The van der Waals surface area contributed by atoms with Crippen molar-refractivity contribution in [3.05, 3.63) is 0 Å². The van der Waals surface area contributed by atoms with Crippen LogP contribution in [0.3, 0.4) is 0 Å². The largest absolute Gasteiger partial charge is 0.355 e. The summed E-state index contributed by atoms with van der Waals surface area (Å²) in [6.07, 6.45) is 0. The van der Waals surface area contributed by atoms with Crippen LogP contribution in [0, 0.1) is 0 Å². The van der Waals surface area contributed by atoms with Gasteiger partial charge in [0.1, 0.15) is 0 Å². The zero-order chi connectivity index (χ0) is 11.7. The minimum Gasteiger partial charge on any atom is -0.355 e. The molecule has 0 spiro atoms. The molecule has 0 aromatic heterocycles. The molecule has 0 aromatic rings. The van der Waals surface area contributed by atoms with Gasteiger partial charge in [-0.05, 0) is 6.92 Å². The third-order valence-corrected chi connectivity index (χ3v) is 1.64. The minimum absolute atomic E-state index is 0.0311. The number of hydrogen-bond acceptors (Lipinski definition) is 3. The van der Waals surface area contributed by atoms with Gasteiger partial charge in [-0.15, -0.1) is 0 Å². The third kappa shape index (κ3) is 7.75. The number of hydrogen-bond donors (Lipinski definition) is 3. The van der Waals surface area contributed by atoms with E-state index >= 15 is 0 Å². The van der Waals surface area contributed by atoms with Gasteiger partial charge in [0.2, 0.25) is 5.91 Å². The molecule has 0 fully saturated rings. The fourth-order valence-electron chi connectivity index (χ4n) is 0.878. The molecule has 0 bridgehead atoms. The molecule has 0 unspecified atom stereocenters. The minimum atomic E-state index is -0.130. The Bertz CT molecular complexity index is 206. The molecule has 0 saturated heterocycles. The SMILES string of the molecule is CCNC(=O)CNCCNC(=O)N(C)C. The number of amides is 3. The summed E-state index contributed by atoms with van der Waals surface area (Å²) in [7, 11) is 3.36. The van der Waals surface area contributed by atoms with Crippen LogP contribution < -0.4 is 16.0 Å². The van der Waals surface area contributed by atoms with Crippen molar-refractivity contribution in [3.8, 4) is 0 Å². The lowest BCUT2D eigenvalue weighted by Gasteiger charge is -2.12. The Hall–Kier alpha value is -1.30. The fraction of sp³-hybridized carbons (Fsp3) is 0.778. The van der Waals surface area contributed by atoms with Crippen LogP contribution in [0.25, 0.3) is 0 Å². The smallest absolute Gasteiger partial charge is 0.316 e. The molecular formula is C9H20N4O2. The van der Waals surface area contributed by atoms with Crippen LogP contribution in [0.15, 0.2) is 0 Å². The first-order valence-corrected chi connectivity index (χ1v) is 5.00. The van der Waals surface area contributed by atoms with Gasteiger partial charge >= 0.3 is 6.03 Å². The van der Waals surface area contributed by atoms with E-state index in [1.165, 1.54) is 4.90 Å². The second-order valence-corrected chi connectivity index (χ2v) is 3.26. The lowest BCUT2D eigenvalue weighted by Crippen LogP contribution is -2.40. The van der Waals surface area contributed by atoms with Gasteiger partial charge in [-0.25, -0.2) is 4.79 Å². The summed E-state index contributed by atoms with van der Waals surface area (Å²) in [5.41, 5.74) is 0. The quantitative estimate of drug-likeness (QED) is 0.498. The number of nitrogens with one attached hydrogen (secondary N) is 3. The molecule has 0 atom stereocenters. The highest BCUT2D eigenvalue weighted by atomic mass is 16.2. The number of urea groups is 1. The van der Waals surface area contributed by atoms with E-state index in [1.54, 1.807) is 14.1 Å². The molecule has 6 heteroatoms. The molecule has 3 amide bonds. The standard InChI is InChI=1S/C9H20N4O2/c1-4-11-8(14)7-10-5-6-12-9(15)13(2)3/h10H,4-7H2,1-3H3,(H,11,14)(H,12,15). The lowest BCUT2D eigenvalue weighted by molar-refractivity contribution is -0.120. The number of likely N-dealkylation sites (N-methyl/N-ethyl adjacent to an activating group) is 1. The Kier molecular flexibility index (Phi) is 7.35. The van der Waals surface area contributed by atoms with Crippen molar-refractivity contribution in [2.45, 2.75) is 6.92 Å². The molecule has 88 valence electrons. The van der Waals surface area contributed by atoms with Crippen molar-refractivity contribution in [3.63, 3.8) is 0 Å². The number of rotatable bonds is 6. The Morgan fingerprint density at radius 3 is 2.33 bits per heavy atom. The number of nitrogens with zero attached hydrogens (tertiary/aromatic N) is 1. The van der Waals surface area contributed by atoms with Crippen molar-refractivity contribution < 1.29 is 9.59 Å². The van der Waals surface area contributed by atoms with Gasteiger partial charge in [-0.2, -0.15) is 0 Å². The van der Waals surface area contributed by atoms with Gasteiger partial charge in [0, 0.05) is 33.7 Å². The van der Waals surface area contributed by atoms with Crippen LogP contribution in [-0.2, 0) is 4.79 Å². The summed E-state index contributed by atoms with van der Waals surface area (Å²) in [5.74, 6) is -0.0311. The van der Waals surface area contributed by atoms with Crippen LogP contribution in [0.2, 0.25) is 0 Å². The van der Waals surface area contributed by atoms with Gasteiger partial charge in [0.15, 0.2) is 0 Å². The average Bonchev–Trinajstić information content (AvgIpc) is 2.17. The Labute approximate surface area is 90.4 Å². The fourth-order valence-corrected chi connectivity index (χ4v) is 0.878. The predicted molar refractivity (Wildman–Crippen MR) is 58.6 cm³/mol. The van der Waals surface area contributed by atoms with E-state index in [2.05, 4.69) is 16.0 Å². The second-order valence-electron chi connectivity index (χ2n) is 3.26. The topological polar surface area (TPSA) is 73.5 Å². The molecule has 0 heterocycles. The molecule has 0 aliphatic heterocycles. The molecule has 0 saturated carbocycles. The number of carbonyl (C=O) groups excluding carboxylic acids is 2. The average molecular weight is 216 g/mol. The van der Waals surface area contributed by atoms with E-state index in [1.807, 2.05) is 6.92 Å². The monoisotopic (exact) mass is 216 g/mol. The van der Waals surface area contributed by atoms with Crippen molar-refractivity contribution >= 4 is 11.9 Å². The van der Waals surface area contributed by atoms with Crippen molar-refractivity contribution in [2.75, 3.05) is 40.3 Å². The Balaban J connectivity index is 3.32. The van der Waals surface area contributed by atoms with E-state index in [0.29, 0.717) is 19.6 Å². The zero-order valence-electron chi connectivity index (χ0n) is 9.59. The first kappa shape index (κ1) is 13.7. The van der Waals surface area contributed by atoms with Crippen molar-refractivity contribution in [2.24, 2.45) is 0 Å². The van der Waals surface area contributed by atoms with Crippen LogP contribution in [0.5, 0.6) is 0 Å². The summed E-state index contributed by atoms with van der Waals surface area (Å²) in [6.45, 7) is 3.88. The van der Waals surface area contributed by atoms with E-state index in [9.17, 15) is 9.59 Å². The molecule has 0 aliphatic carbocycles. The highest BCUT2D eigenvalue weighted by molar-refractivity contribution is 5.77. The van der Waals surface area contributed by atoms with Crippen LogP contribution in [-0.4, -0.2) is 57.1 Å². The Morgan fingerprint density at radius 2 is 1.80 bits per heavy atom. The molecule has 3 N–H and O–H groups in total. The lowest BCUT2D eigenvalue weighted by atomic mass is 10.5. The van der Waals surface area contributed by atoms with E-state index in [4.69, 9.17) is 0 Å². The van der Waals surface area contributed by atoms with Gasteiger partial charge in [-0.1, -0.05) is 0 Å². The summed E-state index contributed by atoms with van der Waals surface area (Å²) < 4.78 is 0. The molecule has 0 radical (unpaired) electrons. The maximum atomic E-state index is 11.1. The summed E-state index contributed by atoms with van der Waals surface area (Å²) in [6, 6.07) is -0.130. The molecule has 0 rings (SSSR count). The van der Waals surface area contributed by atoms with Gasteiger partial charge < -0.3 is 20.9 Å². The molecule has 0 aliphatic rings. The summed E-state index contributed by atoms with van der Waals surface area (Å²) >= 11 is 0. The van der Waals surface area contributed by atoms with Crippen LogP contribution in [0.4, 0.5) is 4.79 Å². The zero-order valence-corrected chi connectivity index (χ0v) is 9.59. The third-order valence-electron chi connectivity index (χ3n) is 1.64. The molecule has 6 nitrogen and oxygen atoms in total. The number of carbonyl (C=O) groups is 2. The maximum Gasteiger partial charge on any atom is 0.316 e. The Morgan fingerprint density at radius 1 is 1.13 bits per heavy atom. The molecular weight excluding hydrogens is 196 g/mol. The first-order chi connectivity index (χ1) is 7.07. The van der Waals surface area contributed by atoms with Crippen molar-refractivity contribution in [1.29, 1.82) is 0 Å². The van der Waals surface area contributed by atoms with E-state index in [-0.39, 0.29) is 18.5 Å². The van der Waals surface area contributed by atoms with Gasteiger partial charge in [-0.3, -0.25) is 4.79 Å². The normalized spacial score (nSPS) is 9.53. The summed E-state index contributed by atoms with van der Waals surface area (Å²) in [5, 5.41) is 8.27.